The van der Waals surface area contributed by atoms with Crippen molar-refractivity contribution in [3.8, 4) is 0 Å². The van der Waals surface area contributed by atoms with Crippen molar-refractivity contribution in [2.45, 2.75) is 12.2 Å². The van der Waals surface area contributed by atoms with E-state index in [1.165, 1.54) is 0 Å². The first-order chi connectivity index (χ1) is 6.18. The van der Waals surface area contributed by atoms with Crippen molar-refractivity contribution in [2.75, 3.05) is 0 Å². The van der Waals surface area contributed by atoms with Crippen LogP contribution in [-0.2, 0) is 9.53 Å². The fourth-order valence-corrected chi connectivity index (χ4v) is 1.32. The van der Waals surface area contributed by atoms with E-state index in [-0.39, 0.29) is 57.5 Å². The Morgan fingerprint density at radius 1 is 1.36 bits per heavy atom. The number of halogens is 1. The van der Waals surface area contributed by atoms with Gasteiger partial charge >= 0.3 is 51.4 Å². The summed E-state index contributed by atoms with van der Waals surface area (Å²) in [6, 6.07) is 6.89. The minimum absolute atomic E-state index is 0. The zero-order valence-electron chi connectivity index (χ0n) is 7.57. The second-order valence-electron chi connectivity index (χ2n) is 2.85. The average molecular weight is 237 g/mol. The molecule has 0 unspecified atom stereocenters. The maximum Gasteiger partial charge on any atom is 1.00 e. The number of hydrogen-bond donors (Lipinski definition) is 0. The van der Waals surface area contributed by atoms with E-state index in [0.717, 1.165) is 5.56 Å². The first kappa shape index (κ1) is 12.6. The third kappa shape index (κ3) is 2.79. The second-order valence-corrected chi connectivity index (χ2v) is 3.28. The van der Waals surface area contributed by atoms with Gasteiger partial charge in [-0.15, -0.1) is 0 Å². The molecular formula is C9H6ClKO3. The molecule has 0 aromatic heterocycles. The Morgan fingerprint density at radius 3 is 2.36 bits per heavy atom. The monoisotopic (exact) mass is 236 g/mol. The molecule has 2 atom stereocenters. The SMILES string of the molecule is O=C([O-])[C@@H]1O[C@@H]1c1ccc(Cl)cc1.[K+]. The van der Waals surface area contributed by atoms with Gasteiger partial charge < -0.3 is 14.6 Å². The molecule has 1 aliphatic rings. The van der Waals surface area contributed by atoms with Crippen LogP contribution >= 0.6 is 11.6 Å². The number of aliphatic carboxylic acids is 1. The van der Waals surface area contributed by atoms with Gasteiger partial charge in [0.15, 0.2) is 0 Å². The van der Waals surface area contributed by atoms with E-state index in [1.54, 1.807) is 24.3 Å². The number of carboxylic acid groups (broad SMARTS) is 1. The second kappa shape index (κ2) is 5.07. The van der Waals surface area contributed by atoms with E-state index >= 15 is 0 Å². The van der Waals surface area contributed by atoms with Crippen LogP contribution in [0.25, 0.3) is 0 Å². The van der Waals surface area contributed by atoms with E-state index in [9.17, 15) is 9.90 Å². The van der Waals surface area contributed by atoms with Crippen molar-refractivity contribution in [2.24, 2.45) is 0 Å². The Morgan fingerprint density at radius 2 is 1.93 bits per heavy atom. The summed E-state index contributed by atoms with van der Waals surface area (Å²) < 4.78 is 4.90. The standard InChI is InChI=1S/C9H7ClO3.K/c10-6-3-1-5(2-4-6)7-8(13-7)9(11)12;/h1-4,7-8H,(H,11,12);/q;+1/p-1/t7-,8-;/m1./s1. The molecule has 14 heavy (non-hydrogen) atoms. The molecular weight excluding hydrogens is 231 g/mol. The fraction of sp³-hybridized carbons (Fsp3) is 0.222. The molecule has 1 saturated heterocycles. The predicted molar refractivity (Wildman–Crippen MR) is 44.1 cm³/mol. The number of carbonyl (C=O) groups is 1. The summed E-state index contributed by atoms with van der Waals surface area (Å²) in [5.41, 5.74) is 0.818. The largest absolute Gasteiger partial charge is 1.00 e. The summed E-state index contributed by atoms with van der Waals surface area (Å²) in [5, 5.41) is 11.0. The third-order valence-corrected chi connectivity index (χ3v) is 2.17. The number of ether oxygens (including phenoxy) is 1. The van der Waals surface area contributed by atoms with Gasteiger partial charge in [0.2, 0.25) is 0 Å². The number of carbonyl (C=O) groups excluding carboxylic acids is 1. The molecule has 68 valence electrons. The van der Waals surface area contributed by atoms with Crippen molar-refractivity contribution in [1.29, 1.82) is 0 Å². The van der Waals surface area contributed by atoms with Crippen LogP contribution in [0.2, 0.25) is 5.02 Å². The Labute approximate surface area is 129 Å². The molecule has 0 radical (unpaired) electrons. The van der Waals surface area contributed by atoms with Crippen molar-refractivity contribution in [1.82, 2.24) is 0 Å². The molecule has 0 bridgehead atoms. The number of epoxide rings is 1. The van der Waals surface area contributed by atoms with Crippen LogP contribution in [0.4, 0.5) is 0 Å². The number of benzene rings is 1. The molecule has 0 N–H and O–H groups in total. The Balaban J connectivity index is 0.000000980. The van der Waals surface area contributed by atoms with Crippen LogP contribution in [-0.4, -0.2) is 12.1 Å². The fourth-order valence-electron chi connectivity index (χ4n) is 1.20. The zero-order valence-corrected chi connectivity index (χ0v) is 11.4. The maximum absolute atomic E-state index is 10.4. The first-order valence-electron chi connectivity index (χ1n) is 3.80. The van der Waals surface area contributed by atoms with Crippen LogP contribution in [0.5, 0.6) is 0 Å². The molecule has 1 aromatic carbocycles. The average Bonchev–Trinajstić information content (AvgIpc) is 2.85. The summed E-state index contributed by atoms with van der Waals surface area (Å²) in [7, 11) is 0. The molecule has 2 rings (SSSR count). The van der Waals surface area contributed by atoms with E-state index in [1.807, 2.05) is 0 Å². The van der Waals surface area contributed by atoms with Gasteiger partial charge in [-0.25, -0.2) is 0 Å². The summed E-state index contributed by atoms with van der Waals surface area (Å²) in [5.74, 6) is -1.17. The maximum atomic E-state index is 10.4. The molecule has 1 aliphatic heterocycles. The predicted octanol–water partition coefficient (Wildman–Crippen LogP) is -2.47. The van der Waals surface area contributed by atoms with Crippen molar-refractivity contribution in [3.63, 3.8) is 0 Å². The molecule has 3 nitrogen and oxygen atoms in total. The summed E-state index contributed by atoms with van der Waals surface area (Å²) >= 11 is 5.67. The molecule has 1 aromatic rings. The van der Waals surface area contributed by atoms with Crippen molar-refractivity contribution in [3.05, 3.63) is 34.9 Å². The normalized spacial score (nSPS) is 23.8. The topological polar surface area (TPSA) is 52.7 Å². The van der Waals surface area contributed by atoms with Gasteiger partial charge in [0.1, 0.15) is 12.2 Å². The molecule has 0 amide bonds. The van der Waals surface area contributed by atoms with E-state index in [4.69, 9.17) is 16.3 Å². The van der Waals surface area contributed by atoms with Crippen LogP contribution in [0.1, 0.15) is 11.7 Å². The quantitative estimate of drug-likeness (QED) is 0.423. The van der Waals surface area contributed by atoms with E-state index in [0.29, 0.717) is 5.02 Å². The summed E-state index contributed by atoms with van der Waals surface area (Å²) in [4.78, 5) is 10.4. The van der Waals surface area contributed by atoms with Crippen LogP contribution in [0, 0.1) is 0 Å². The Bertz CT molecular complexity index is 338. The van der Waals surface area contributed by atoms with E-state index < -0.39 is 12.1 Å². The molecule has 5 heteroatoms. The Hall–Kier alpha value is 0.576. The zero-order chi connectivity index (χ0) is 9.42. The van der Waals surface area contributed by atoms with Gasteiger partial charge in [0, 0.05) is 5.02 Å². The summed E-state index contributed by atoms with van der Waals surface area (Å²) in [6.07, 6.45) is -1.15. The number of hydrogen-bond acceptors (Lipinski definition) is 3. The molecule has 0 saturated carbocycles. The minimum Gasteiger partial charge on any atom is -0.547 e. The van der Waals surface area contributed by atoms with Crippen molar-refractivity contribution < 1.29 is 66.0 Å². The van der Waals surface area contributed by atoms with Crippen LogP contribution in [0.15, 0.2) is 24.3 Å². The van der Waals surface area contributed by atoms with Gasteiger partial charge in [0.25, 0.3) is 0 Å². The van der Waals surface area contributed by atoms with E-state index in [2.05, 4.69) is 0 Å². The van der Waals surface area contributed by atoms with Gasteiger partial charge in [-0.3, -0.25) is 0 Å². The van der Waals surface area contributed by atoms with Crippen LogP contribution < -0.4 is 56.5 Å². The molecule has 1 heterocycles. The van der Waals surface area contributed by atoms with Gasteiger partial charge in [-0.1, -0.05) is 23.7 Å². The molecule has 0 spiro atoms. The summed E-state index contributed by atoms with van der Waals surface area (Å²) in [6.45, 7) is 0. The minimum atomic E-state index is -1.17. The molecule has 1 fully saturated rings. The third-order valence-electron chi connectivity index (χ3n) is 1.92. The first-order valence-corrected chi connectivity index (χ1v) is 4.18. The number of carboxylic acids is 1. The van der Waals surface area contributed by atoms with Gasteiger partial charge in [-0.05, 0) is 17.7 Å². The smallest absolute Gasteiger partial charge is 0.547 e. The van der Waals surface area contributed by atoms with Crippen molar-refractivity contribution >= 4 is 17.6 Å². The van der Waals surface area contributed by atoms with Gasteiger partial charge in [0.05, 0.1) is 5.97 Å². The van der Waals surface area contributed by atoms with Gasteiger partial charge in [-0.2, -0.15) is 0 Å². The Kier molecular flexibility index (Phi) is 4.58. The number of rotatable bonds is 2. The molecule has 0 aliphatic carbocycles. The van der Waals surface area contributed by atoms with Crippen LogP contribution in [0.3, 0.4) is 0 Å².